The van der Waals surface area contributed by atoms with Crippen LogP contribution in [0.2, 0.25) is 0 Å². The van der Waals surface area contributed by atoms with Gasteiger partial charge >= 0.3 is 79.4 Å². The molecule has 1 aromatic carbocycles. The predicted octanol–water partition coefficient (Wildman–Crippen LogP) is 4.37. The minimum atomic E-state index is -5.46. The zero-order chi connectivity index (χ0) is 24.5. The second-order valence-electron chi connectivity index (χ2n) is 9.25. The summed E-state index contributed by atoms with van der Waals surface area (Å²) in [4.78, 5) is 0. The number of hydrogen-bond acceptors (Lipinski definition) is 3. The van der Waals surface area contributed by atoms with Crippen LogP contribution in [0.4, 0.5) is 26.3 Å². The van der Waals surface area contributed by atoms with Gasteiger partial charge in [0.25, 0.3) is 0 Å². The second kappa shape index (κ2) is 14.4. The van der Waals surface area contributed by atoms with E-state index >= 15 is 0 Å². The van der Waals surface area contributed by atoms with Crippen LogP contribution >= 0.6 is 0 Å². The summed E-state index contributed by atoms with van der Waals surface area (Å²) in [6.07, 6.45) is 0. The molecule has 0 saturated carbocycles. The van der Waals surface area contributed by atoms with Crippen LogP contribution in [0.5, 0.6) is 0 Å². The van der Waals surface area contributed by atoms with Crippen molar-refractivity contribution in [2.75, 3.05) is 0 Å². The van der Waals surface area contributed by atoms with Gasteiger partial charge in [0.2, 0.25) is 0 Å². The largest absolute Gasteiger partial charge is 0 e. The molecule has 0 radical (unpaired) electrons. The Hall–Kier alpha value is 0.223. The average Bonchev–Trinajstić information content (AvgIpc) is 2.69. The fourth-order valence-electron chi connectivity index (χ4n) is 1.14. The SMILES string of the molecule is CC(C)(C)O.CC(C)(C)O.CC(C)(C)O.F[C](F)(F)[GeH]([c-]1cccc1)[C](F)(F)F.[Hf]. The molecule has 0 aliphatic rings. The predicted molar refractivity (Wildman–Crippen MR) is 107 cm³/mol. The van der Waals surface area contributed by atoms with Crippen molar-refractivity contribution in [3.05, 3.63) is 24.3 Å². The standard InChI is InChI=1S/C7H5F6Ge.3C4H10O.Hf/c8-6(9,10)14(7(11,12)13)5-3-1-2-4-5;3*1-4(2,3)5;/h1-4,14H;3*5H,1-3H3;/q-1;;;;. The van der Waals surface area contributed by atoms with Crippen molar-refractivity contribution in [2.45, 2.75) is 89.1 Å². The molecule has 0 fully saturated rings. The summed E-state index contributed by atoms with van der Waals surface area (Å²) >= 11 is -5.46. The number of aliphatic hydroxyl groups is 3. The van der Waals surface area contributed by atoms with E-state index in [2.05, 4.69) is 0 Å². The van der Waals surface area contributed by atoms with Crippen LogP contribution in [0, 0.1) is 0 Å². The van der Waals surface area contributed by atoms with Gasteiger partial charge in [-0.1, -0.05) is 0 Å². The minimum Gasteiger partial charge on any atom is 0 e. The molecule has 1 rings (SSSR count). The summed E-state index contributed by atoms with van der Waals surface area (Å²) in [5, 5.41) is 15.3. The summed E-state index contributed by atoms with van der Waals surface area (Å²) in [6.45, 7) is 15.7. The number of halogens is 6. The molecule has 3 N–H and O–H groups in total. The van der Waals surface area contributed by atoms with Gasteiger partial charge in [-0.3, -0.25) is 0 Å². The average molecular weight is 677 g/mol. The third-order valence-electron chi connectivity index (χ3n) is 1.68. The first-order chi connectivity index (χ1) is 12.2. The topological polar surface area (TPSA) is 60.7 Å². The van der Waals surface area contributed by atoms with Crippen molar-refractivity contribution in [2.24, 2.45) is 0 Å². The maximum absolute atomic E-state index is 12.1. The molecular weight excluding hydrogens is 641 g/mol. The van der Waals surface area contributed by atoms with Crippen molar-refractivity contribution in [3.8, 4) is 0 Å². The van der Waals surface area contributed by atoms with E-state index in [0.717, 1.165) is 12.1 Å². The van der Waals surface area contributed by atoms with Gasteiger partial charge < -0.3 is 15.3 Å². The van der Waals surface area contributed by atoms with Crippen molar-refractivity contribution in [3.63, 3.8) is 0 Å². The second-order valence-corrected chi connectivity index (χ2v) is 15.2. The molecule has 30 heavy (non-hydrogen) atoms. The van der Waals surface area contributed by atoms with Gasteiger partial charge in [-0.2, -0.15) is 0 Å². The van der Waals surface area contributed by atoms with Crippen LogP contribution in [-0.2, 0) is 25.8 Å². The Labute approximate surface area is 199 Å². The molecular formula is C19H35F6GeHfO3-. The van der Waals surface area contributed by atoms with Gasteiger partial charge in [0.1, 0.15) is 0 Å². The Kier molecular flexibility index (Phi) is 18.0. The summed E-state index contributed by atoms with van der Waals surface area (Å²) in [6, 6.07) is 4.16. The molecule has 0 heterocycles. The quantitative estimate of drug-likeness (QED) is 0.236. The molecule has 0 aliphatic heterocycles. The Morgan fingerprint density at radius 1 is 0.567 bits per heavy atom. The smallest absolute Gasteiger partial charge is 0 e. The molecule has 0 saturated heterocycles. The molecule has 0 atom stereocenters. The number of alkyl halides is 6. The minimum absolute atomic E-state index is 0. The van der Waals surface area contributed by atoms with Gasteiger partial charge in [0.05, 0.1) is 16.8 Å². The maximum Gasteiger partial charge on any atom is 0 e. The monoisotopic (exact) mass is 679 g/mol. The molecule has 0 aromatic heterocycles. The van der Waals surface area contributed by atoms with Crippen molar-refractivity contribution >= 4 is 18.7 Å². The Morgan fingerprint density at radius 2 is 0.733 bits per heavy atom. The van der Waals surface area contributed by atoms with Crippen LogP contribution in [0.15, 0.2) is 24.3 Å². The van der Waals surface area contributed by atoms with Crippen molar-refractivity contribution in [1.29, 1.82) is 0 Å². The van der Waals surface area contributed by atoms with E-state index in [-0.39, 0.29) is 25.8 Å². The van der Waals surface area contributed by atoms with Crippen molar-refractivity contribution < 1.29 is 67.5 Å². The fourth-order valence-corrected chi connectivity index (χ4v) is 4.78. The first kappa shape index (κ1) is 37.5. The Morgan fingerprint density at radius 3 is 0.867 bits per heavy atom. The molecule has 11 heteroatoms. The zero-order valence-electron chi connectivity index (χ0n) is 19.0. The van der Waals surface area contributed by atoms with Crippen molar-refractivity contribution in [1.82, 2.24) is 0 Å². The maximum atomic E-state index is 12.1. The summed E-state index contributed by atoms with van der Waals surface area (Å²) in [7, 11) is 0. The molecule has 0 bridgehead atoms. The van der Waals surface area contributed by atoms with E-state index in [1.165, 1.54) is 12.1 Å². The van der Waals surface area contributed by atoms with Gasteiger partial charge in [-0.15, -0.1) is 0 Å². The summed E-state index contributed by atoms with van der Waals surface area (Å²) in [5.74, 6) is 0. The van der Waals surface area contributed by atoms with E-state index in [1.807, 2.05) is 0 Å². The van der Waals surface area contributed by atoms with Crippen LogP contribution < -0.4 is 4.40 Å². The van der Waals surface area contributed by atoms with Gasteiger partial charge in [-0.25, -0.2) is 0 Å². The van der Waals surface area contributed by atoms with E-state index in [4.69, 9.17) is 15.3 Å². The molecule has 180 valence electrons. The first-order valence-corrected chi connectivity index (χ1v) is 12.4. The molecule has 0 unspecified atom stereocenters. The van der Waals surface area contributed by atoms with Crippen LogP contribution in [-0.4, -0.2) is 56.5 Å². The Bertz CT molecular complexity index is 464. The molecule has 3 nitrogen and oxygen atoms in total. The number of rotatable bonds is 1. The summed E-state index contributed by atoms with van der Waals surface area (Å²) in [5.41, 5.74) is -1.50. The van der Waals surface area contributed by atoms with Gasteiger partial charge in [-0.05, 0) is 62.3 Å². The zero-order valence-corrected chi connectivity index (χ0v) is 25.0. The third-order valence-corrected chi connectivity index (χ3v) is 6.63. The van der Waals surface area contributed by atoms with Crippen LogP contribution in [0.1, 0.15) is 62.3 Å². The molecule has 0 aliphatic carbocycles. The third kappa shape index (κ3) is 38.8. The van der Waals surface area contributed by atoms with E-state index in [1.54, 1.807) is 62.3 Å². The molecule has 1 aromatic rings. The number of hydrogen-bond donors (Lipinski definition) is 3. The van der Waals surface area contributed by atoms with Gasteiger partial charge in [0.15, 0.2) is 0 Å². The van der Waals surface area contributed by atoms with Crippen LogP contribution in [0.3, 0.4) is 0 Å². The van der Waals surface area contributed by atoms with E-state index in [0.29, 0.717) is 0 Å². The fraction of sp³-hybridized carbons (Fsp3) is 0.737. The van der Waals surface area contributed by atoms with Gasteiger partial charge in [0, 0.05) is 25.8 Å². The molecule has 0 spiro atoms. The summed E-state index contributed by atoms with van der Waals surface area (Å²) < 4.78 is 72.3. The first-order valence-electron chi connectivity index (χ1n) is 8.75. The Balaban J connectivity index is -0.000000176. The normalized spacial score (nSPS) is 12.4. The van der Waals surface area contributed by atoms with Crippen LogP contribution in [0.25, 0.3) is 0 Å². The van der Waals surface area contributed by atoms with E-state index in [9.17, 15) is 26.3 Å². The molecule has 0 amide bonds. The van der Waals surface area contributed by atoms with E-state index < -0.39 is 45.6 Å².